The minimum absolute atomic E-state index is 0.0547. The molecule has 0 saturated carbocycles. The number of carbonyl (C=O) groups excluding carboxylic acids is 1. The molecule has 29 heavy (non-hydrogen) atoms. The summed E-state index contributed by atoms with van der Waals surface area (Å²) >= 11 is 7.55. The normalized spacial score (nSPS) is 16.1. The molecular formula is C20H21ClN4O3S. The maximum Gasteiger partial charge on any atom is 0.263 e. The van der Waals surface area contributed by atoms with E-state index in [-0.39, 0.29) is 11.5 Å². The molecule has 1 atom stereocenters. The average molecular weight is 433 g/mol. The molecule has 0 aliphatic carbocycles. The summed E-state index contributed by atoms with van der Waals surface area (Å²) in [6.07, 6.45) is 1.12. The molecule has 1 unspecified atom stereocenters. The van der Waals surface area contributed by atoms with Crippen LogP contribution in [0.2, 0.25) is 5.02 Å². The molecule has 0 N–H and O–H groups in total. The lowest BCUT2D eigenvalue weighted by atomic mass is 10.2. The summed E-state index contributed by atoms with van der Waals surface area (Å²) in [7, 11) is 0. The summed E-state index contributed by atoms with van der Waals surface area (Å²) in [5.41, 5.74) is 0.693. The van der Waals surface area contributed by atoms with Gasteiger partial charge < -0.3 is 9.64 Å². The van der Waals surface area contributed by atoms with Crippen LogP contribution in [-0.4, -0.2) is 57.4 Å². The zero-order valence-corrected chi connectivity index (χ0v) is 17.5. The highest BCUT2D eigenvalue weighted by Gasteiger charge is 2.26. The number of piperazine rings is 1. The van der Waals surface area contributed by atoms with E-state index in [4.69, 9.17) is 16.3 Å². The lowest BCUT2D eigenvalue weighted by molar-refractivity contribution is -0.139. The number of ether oxygens (including phenoxy) is 1. The predicted molar refractivity (Wildman–Crippen MR) is 113 cm³/mol. The van der Waals surface area contributed by atoms with Crippen LogP contribution in [0.5, 0.6) is 5.75 Å². The van der Waals surface area contributed by atoms with Gasteiger partial charge >= 0.3 is 0 Å². The van der Waals surface area contributed by atoms with Gasteiger partial charge in [-0.3, -0.25) is 18.9 Å². The molecule has 0 spiro atoms. The van der Waals surface area contributed by atoms with Gasteiger partial charge in [-0.2, -0.15) is 0 Å². The van der Waals surface area contributed by atoms with Gasteiger partial charge in [-0.25, -0.2) is 4.98 Å². The Labute approximate surface area is 177 Å². The van der Waals surface area contributed by atoms with Crippen molar-refractivity contribution >= 4 is 33.8 Å². The highest BCUT2D eigenvalue weighted by atomic mass is 35.5. The molecule has 1 aliphatic heterocycles. The lowest BCUT2D eigenvalue weighted by Crippen LogP contribution is -2.51. The van der Waals surface area contributed by atoms with Gasteiger partial charge in [0.2, 0.25) is 0 Å². The Bertz CT molecular complexity index is 1070. The largest absolute Gasteiger partial charge is 0.479 e. The van der Waals surface area contributed by atoms with Crippen LogP contribution in [0.1, 0.15) is 12.6 Å². The Balaban J connectivity index is 1.33. The number of hydrogen-bond donors (Lipinski definition) is 0. The van der Waals surface area contributed by atoms with E-state index < -0.39 is 6.10 Å². The molecular weight excluding hydrogens is 412 g/mol. The first-order chi connectivity index (χ1) is 14.0. The second kappa shape index (κ2) is 8.52. The zero-order chi connectivity index (χ0) is 20.4. The fourth-order valence-corrected chi connectivity index (χ4v) is 4.28. The van der Waals surface area contributed by atoms with Crippen molar-refractivity contribution in [1.82, 2.24) is 19.2 Å². The predicted octanol–water partition coefficient (Wildman–Crippen LogP) is 2.52. The third-order valence-corrected chi connectivity index (χ3v) is 5.98. The zero-order valence-electron chi connectivity index (χ0n) is 16.0. The van der Waals surface area contributed by atoms with Gasteiger partial charge in [0.25, 0.3) is 11.5 Å². The molecule has 3 heterocycles. The molecule has 2 aromatic heterocycles. The molecule has 152 valence electrons. The quantitative estimate of drug-likeness (QED) is 0.619. The minimum atomic E-state index is -0.607. The van der Waals surface area contributed by atoms with Crippen molar-refractivity contribution in [3.05, 3.63) is 63.0 Å². The molecule has 3 aromatic rings. The van der Waals surface area contributed by atoms with E-state index in [0.29, 0.717) is 35.4 Å². The maximum absolute atomic E-state index is 12.7. The molecule has 1 aliphatic rings. The second-order valence-electron chi connectivity index (χ2n) is 6.93. The number of hydrogen-bond acceptors (Lipinski definition) is 6. The van der Waals surface area contributed by atoms with Crippen LogP contribution < -0.4 is 10.3 Å². The van der Waals surface area contributed by atoms with Gasteiger partial charge in [0, 0.05) is 50.4 Å². The summed E-state index contributed by atoms with van der Waals surface area (Å²) in [6.45, 7) is 4.99. The van der Waals surface area contributed by atoms with Gasteiger partial charge in [0.15, 0.2) is 11.1 Å². The first kappa shape index (κ1) is 19.9. The van der Waals surface area contributed by atoms with Crippen molar-refractivity contribution in [2.45, 2.75) is 19.6 Å². The first-order valence-corrected chi connectivity index (χ1v) is 10.6. The minimum Gasteiger partial charge on any atom is -0.479 e. The number of nitrogens with zero attached hydrogens (tertiary/aromatic N) is 4. The number of halogens is 1. The van der Waals surface area contributed by atoms with Crippen LogP contribution in [0.3, 0.4) is 0 Å². The molecule has 0 radical (unpaired) electrons. The van der Waals surface area contributed by atoms with Gasteiger partial charge in [-0.15, -0.1) is 11.3 Å². The van der Waals surface area contributed by atoms with Crippen molar-refractivity contribution < 1.29 is 9.53 Å². The number of para-hydroxylation sites is 1. The molecule has 9 heteroatoms. The standard InChI is InChI=1S/C20H21ClN4O3S/c1-14(28-17-5-3-2-4-16(17)21)19(27)24-8-6-23(7-9-24)13-15-12-18(26)25-10-11-29-20(25)22-15/h2-5,10-12,14H,6-9,13H2,1H3. The summed E-state index contributed by atoms with van der Waals surface area (Å²) in [5, 5.41) is 2.34. The molecule has 1 saturated heterocycles. The average Bonchev–Trinajstić information content (AvgIpc) is 3.19. The number of fused-ring (bicyclic) bond motifs is 1. The van der Waals surface area contributed by atoms with E-state index in [1.54, 1.807) is 35.7 Å². The van der Waals surface area contributed by atoms with Crippen LogP contribution in [-0.2, 0) is 11.3 Å². The van der Waals surface area contributed by atoms with Gasteiger partial charge in [-0.05, 0) is 19.1 Å². The topological polar surface area (TPSA) is 67.2 Å². The Morgan fingerprint density at radius 2 is 2.03 bits per heavy atom. The van der Waals surface area contributed by atoms with Crippen LogP contribution in [0, 0.1) is 0 Å². The number of thiazole rings is 1. The van der Waals surface area contributed by atoms with Crippen molar-refractivity contribution in [2.75, 3.05) is 26.2 Å². The summed E-state index contributed by atoms with van der Waals surface area (Å²) < 4.78 is 7.29. The van der Waals surface area contributed by atoms with Gasteiger partial charge in [0.1, 0.15) is 5.75 Å². The van der Waals surface area contributed by atoms with Gasteiger partial charge in [-0.1, -0.05) is 23.7 Å². The first-order valence-electron chi connectivity index (χ1n) is 9.39. The van der Waals surface area contributed by atoms with E-state index in [0.717, 1.165) is 18.8 Å². The smallest absolute Gasteiger partial charge is 0.263 e. The highest BCUT2D eigenvalue weighted by Crippen LogP contribution is 2.24. The van der Waals surface area contributed by atoms with E-state index in [2.05, 4.69) is 9.88 Å². The molecule has 1 amide bonds. The Kier molecular flexibility index (Phi) is 5.84. The van der Waals surface area contributed by atoms with Crippen LogP contribution >= 0.6 is 22.9 Å². The summed E-state index contributed by atoms with van der Waals surface area (Å²) in [6, 6.07) is 8.71. The number of rotatable bonds is 5. The second-order valence-corrected chi connectivity index (χ2v) is 8.21. The fraction of sp³-hybridized carbons (Fsp3) is 0.350. The highest BCUT2D eigenvalue weighted by molar-refractivity contribution is 7.15. The Morgan fingerprint density at radius 1 is 1.28 bits per heavy atom. The van der Waals surface area contributed by atoms with Crippen molar-refractivity contribution in [3.8, 4) is 5.75 Å². The third-order valence-electron chi connectivity index (χ3n) is 4.91. The van der Waals surface area contributed by atoms with Crippen LogP contribution in [0.15, 0.2) is 46.7 Å². The van der Waals surface area contributed by atoms with Crippen LogP contribution in [0.25, 0.3) is 4.96 Å². The SMILES string of the molecule is CC(Oc1ccccc1Cl)C(=O)N1CCN(Cc2cc(=O)n3ccsc3n2)CC1. The third kappa shape index (κ3) is 4.44. The van der Waals surface area contributed by atoms with E-state index in [9.17, 15) is 9.59 Å². The molecule has 7 nitrogen and oxygen atoms in total. The van der Waals surface area contributed by atoms with Crippen molar-refractivity contribution in [3.63, 3.8) is 0 Å². The van der Waals surface area contributed by atoms with Crippen molar-refractivity contribution in [1.29, 1.82) is 0 Å². The van der Waals surface area contributed by atoms with Gasteiger partial charge in [0.05, 0.1) is 10.7 Å². The Hall–Kier alpha value is -2.42. The van der Waals surface area contributed by atoms with E-state index in [1.807, 2.05) is 22.4 Å². The monoisotopic (exact) mass is 432 g/mol. The number of aromatic nitrogens is 2. The number of amides is 1. The summed E-state index contributed by atoms with van der Waals surface area (Å²) in [5.74, 6) is 0.455. The lowest BCUT2D eigenvalue weighted by Gasteiger charge is -2.35. The molecule has 4 rings (SSSR count). The molecule has 1 aromatic carbocycles. The Morgan fingerprint density at radius 3 is 2.79 bits per heavy atom. The van der Waals surface area contributed by atoms with Crippen molar-refractivity contribution in [2.24, 2.45) is 0 Å². The maximum atomic E-state index is 12.7. The van der Waals surface area contributed by atoms with Crippen LogP contribution in [0.4, 0.5) is 0 Å². The molecule has 0 bridgehead atoms. The summed E-state index contributed by atoms with van der Waals surface area (Å²) in [4.78, 5) is 34.1. The number of carbonyl (C=O) groups is 1. The van der Waals surface area contributed by atoms with E-state index in [1.165, 1.54) is 11.3 Å². The fourth-order valence-electron chi connectivity index (χ4n) is 3.36. The van der Waals surface area contributed by atoms with E-state index >= 15 is 0 Å². The molecule has 1 fully saturated rings. The number of benzene rings is 1.